The minimum atomic E-state index is -0.690. The van der Waals surface area contributed by atoms with E-state index in [1.54, 1.807) is 18.3 Å². The number of para-hydroxylation sites is 1. The first kappa shape index (κ1) is 23.5. The van der Waals surface area contributed by atoms with Gasteiger partial charge in [0.1, 0.15) is 5.82 Å². The van der Waals surface area contributed by atoms with Gasteiger partial charge in [0.2, 0.25) is 5.91 Å². The molecule has 7 heteroatoms. The summed E-state index contributed by atoms with van der Waals surface area (Å²) in [6.07, 6.45) is 1.96. The van der Waals surface area contributed by atoms with Crippen LogP contribution in [-0.4, -0.2) is 29.1 Å². The van der Waals surface area contributed by atoms with Gasteiger partial charge in [-0.25, -0.2) is 4.39 Å². The predicted octanol–water partition coefficient (Wildman–Crippen LogP) is 3.69. The van der Waals surface area contributed by atoms with Crippen molar-refractivity contribution in [2.75, 3.05) is 18.4 Å². The van der Waals surface area contributed by atoms with Crippen LogP contribution in [0.15, 0.2) is 72.9 Å². The molecule has 3 N–H and O–H groups in total. The Labute approximate surface area is 181 Å². The molecule has 0 saturated heterocycles. The molecule has 0 aliphatic heterocycles. The number of aromatic nitrogens is 1. The standard InChI is InChI=1S/C23H24FN3O2.ClH/c24-19-8-6-18(7-9-19)22(28)16-25-12-10-17-11-13-26-21(14-17)15-23(29)27-20-4-2-1-3-5-20;/h1-9,11,13-14,22,25,28H,10,12,15-16H2,(H,27,29);1H. The fraction of sp³-hybridized carbons (Fsp3) is 0.217. The molecule has 1 aromatic heterocycles. The van der Waals surface area contributed by atoms with Crippen LogP contribution in [0, 0.1) is 5.82 Å². The van der Waals surface area contributed by atoms with Crippen LogP contribution in [0.2, 0.25) is 0 Å². The number of pyridine rings is 1. The molecule has 158 valence electrons. The third-order valence-corrected chi connectivity index (χ3v) is 4.46. The zero-order valence-corrected chi connectivity index (χ0v) is 17.2. The highest BCUT2D eigenvalue weighted by Crippen LogP contribution is 2.12. The van der Waals surface area contributed by atoms with E-state index in [9.17, 15) is 14.3 Å². The average molecular weight is 430 g/mol. The van der Waals surface area contributed by atoms with Crippen molar-refractivity contribution in [2.24, 2.45) is 0 Å². The molecule has 0 aliphatic carbocycles. The fourth-order valence-electron chi connectivity index (χ4n) is 2.95. The third kappa shape index (κ3) is 7.55. The first-order valence-electron chi connectivity index (χ1n) is 9.53. The molecule has 3 aromatic rings. The number of aliphatic hydroxyl groups excluding tert-OH is 1. The van der Waals surface area contributed by atoms with Crippen molar-refractivity contribution in [1.29, 1.82) is 0 Å². The molecule has 1 unspecified atom stereocenters. The van der Waals surface area contributed by atoms with Crippen molar-refractivity contribution in [2.45, 2.75) is 18.9 Å². The molecule has 0 saturated carbocycles. The topological polar surface area (TPSA) is 74.2 Å². The van der Waals surface area contributed by atoms with E-state index < -0.39 is 6.10 Å². The zero-order chi connectivity index (χ0) is 20.5. The first-order valence-corrected chi connectivity index (χ1v) is 9.53. The summed E-state index contributed by atoms with van der Waals surface area (Å²) < 4.78 is 12.9. The van der Waals surface area contributed by atoms with Crippen molar-refractivity contribution in [1.82, 2.24) is 10.3 Å². The molecule has 0 radical (unpaired) electrons. The maximum absolute atomic E-state index is 12.9. The molecule has 0 bridgehead atoms. The normalized spacial score (nSPS) is 11.4. The Morgan fingerprint density at radius 2 is 1.80 bits per heavy atom. The van der Waals surface area contributed by atoms with E-state index in [0.29, 0.717) is 24.3 Å². The maximum Gasteiger partial charge on any atom is 0.230 e. The molecule has 2 aromatic carbocycles. The van der Waals surface area contributed by atoms with Crippen molar-refractivity contribution in [3.63, 3.8) is 0 Å². The lowest BCUT2D eigenvalue weighted by Gasteiger charge is -2.12. The van der Waals surface area contributed by atoms with Crippen molar-refractivity contribution < 1.29 is 14.3 Å². The molecule has 5 nitrogen and oxygen atoms in total. The van der Waals surface area contributed by atoms with E-state index >= 15 is 0 Å². The average Bonchev–Trinajstić information content (AvgIpc) is 2.72. The van der Waals surface area contributed by atoms with Crippen LogP contribution in [0.25, 0.3) is 0 Å². The lowest BCUT2D eigenvalue weighted by Crippen LogP contribution is -2.23. The van der Waals surface area contributed by atoms with Gasteiger partial charge in [-0.1, -0.05) is 30.3 Å². The highest BCUT2D eigenvalue weighted by molar-refractivity contribution is 5.91. The van der Waals surface area contributed by atoms with Gasteiger partial charge in [-0.15, -0.1) is 12.4 Å². The van der Waals surface area contributed by atoms with Crippen molar-refractivity contribution >= 4 is 24.0 Å². The lowest BCUT2D eigenvalue weighted by molar-refractivity contribution is -0.115. The minimum absolute atomic E-state index is 0. The number of hydrogen-bond acceptors (Lipinski definition) is 4. The van der Waals surface area contributed by atoms with Gasteiger partial charge in [0.15, 0.2) is 0 Å². The van der Waals surface area contributed by atoms with E-state index in [1.807, 2.05) is 42.5 Å². The number of carbonyl (C=O) groups excluding carboxylic acids is 1. The number of benzene rings is 2. The second-order valence-corrected chi connectivity index (χ2v) is 6.77. The van der Waals surface area contributed by atoms with E-state index in [1.165, 1.54) is 12.1 Å². The molecule has 1 atom stereocenters. The number of carbonyl (C=O) groups is 1. The lowest BCUT2D eigenvalue weighted by atomic mass is 10.1. The van der Waals surface area contributed by atoms with E-state index in [-0.39, 0.29) is 30.6 Å². The number of aliphatic hydroxyl groups is 1. The summed E-state index contributed by atoms with van der Waals surface area (Å²) in [5, 5.41) is 16.2. The highest BCUT2D eigenvalue weighted by atomic mass is 35.5. The van der Waals surface area contributed by atoms with Crippen LogP contribution >= 0.6 is 12.4 Å². The maximum atomic E-state index is 12.9. The third-order valence-electron chi connectivity index (χ3n) is 4.46. The Morgan fingerprint density at radius 1 is 1.07 bits per heavy atom. The monoisotopic (exact) mass is 429 g/mol. The highest BCUT2D eigenvalue weighted by Gasteiger charge is 2.08. The summed E-state index contributed by atoms with van der Waals surface area (Å²) in [6.45, 7) is 1.04. The largest absolute Gasteiger partial charge is 0.387 e. The van der Waals surface area contributed by atoms with Gasteiger partial charge >= 0.3 is 0 Å². The zero-order valence-electron chi connectivity index (χ0n) is 16.4. The van der Waals surface area contributed by atoms with E-state index in [2.05, 4.69) is 15.6 Å². The van der Waals surface area contributed by atoms with Crippen molar-refractivity contribution in [3.05, 3.63) is 95.6 Å². The smallest absolute Gasteiger partial charge is 0.230 e. The molecule has 0 aliphatic rings. The van der Waals surface area contributed by atoms with Gasteiger partial charge in [-0.05, 0) is 60.5 Å². The van der Waals surface area contributed by atoms with Gasteiger partial charge in [-0.2, -0.15) is 0 Å². The van der Waals surface area contributed by atoms with Crippen LogP contribution in [0.1, 0.15) is 22.9 Å². The van der Waals surface area contributed by atoms with Gasteiger partial charge in [0.05, 0.1) is 12.5 Å². The Bertz CT molecular complexity index is 923. The number of amides is 1. The molecule has 1 heterocycles. The van der Waals surface area contributed by atoms with Gasteiger partial charge < -0.3 is 15.7 Å². The second kappa shape index (κ2) is 12.0. The number of rotatable bonds is 9. The first-order chi connectivity index (χ1) is 14.1. The molecular weight excluding hydrogens is 405 g/mol. The molecule has 0 spiro atoms. The number of hydrogen-bond donors (Lipinski definition) is 3. The van der Waals surface area contributed by atoms with Gasteiger partial charge in [0.25, 0.3) is 0 Å². The van der Waals surface area contributed by atoms with Crippen LogP contribution in [0.5, 0.6) is 0 Å². The van der Waals surface area contributed by atoms with Gasteiger partial charge in [0, 0.05) is 24.1 Å². The number of halogens is 2. The fourth-order valence-corrected chi connectivity index (χ4v) is 2.95. The molecule has 0 fully saturated rings. The Morgan fingerprint density at radius 3 is 2.53 bits per heavy atom. The summed E-state index contributed by atoms with van der Waals surface area (Å²) >= 11 is 0. The van der Waals surface area contributed by atoms with Gasteiger partial charge in [-0.3, -0.25) is 9.78 Å². The number of anilines is 1. The predicted molar refractivity (Wildman–Crippen MR) is 118 cm³/mol. The van der Waals surface area contributed by atoms with Crippen LogP contribution in [0.3, 0.4) is 0 Å². The SMILES string of the molecule is Cl.O=C(Cc1cc(CCNCC(O)c2ccc(F)cc2)ccn1)Nc1ccccc1. The second-order valence-electron chi connectivity index (χ2n) is 6.77. The molecular formula is C23H25ClFN3O2. The Hall–Kier alpha value is -2.80. The van der Waals surface area contributed by atoms with E-state index in [0.717, 1.165) is 17.7 Å². The quantitative estimate of drug-likeness (QED) is 0.453. The Kier molecular flexibility index (Phi) is 9.41. The summed E-state index contributed by atoms with van der Waals surface area (Å²) in [5.74, 6) is -0.429. The number of nitrogens with zero attached hydrogens (tertiary/aromatic N) is 1. The number of nitrogens with one attached hydrogen (secondary N) is 2. The Balaban J connectivity index is 0.00000320. The van der Waals surface area contributed by atoms with Crippen LogP contribution < -0.4 is 10.6 Å². The molecule has 30 heavy (non-hydrogen) atoms. The summed E-state index contributed by atoms with van der Waals surface area (Å²) in [5.41, 5.74) is 3.21. The molecule has 1 amide bonds. The summed E-state index contributed by atoms with van der Waals surface area (Å²) in [4.78, 5) is 16.4. The van der Waals surface area contributed by atoms with Crippen LogP contribution in [-0.2, 0) is 17.6 Å². The van der Waals surface area contributed by atoms with Crippen LogP contribution in [0.4, 0.5) is 10.1 Å². The summed E-state index contributed by atoms with van der Waals surface area (Å²) in [6, 6.07) is 19.0. The summed E-state index contributed by atoms with van der Waals surface area (Å²) in [7, 11) is 0. The van der Waals surface area contributed by atoms with E-state index in [4.69, 9.17) is 0 Å². The molecule has 3 rings (SSSR count). The minimum Gasteiger partial charge on any atom is -0.387 e. The van der Waals surface area contributed by atoms with Crippen molar-refractivity contribution in [3.8, 4) is 0 Å².